The monoisotopic (exact) mass is 133 g/mol. The Bertz CT molecular complexity index is 81.1. The fraction of sp³-hybridized carbons (Fsp3) is 1.00. The predicted octanol–water partition coefficient (Wildman–Crippen LogP) is -0.709. The van der Waals surface area contributed by atoms with Crippen molar-refractivity contribution < 1.29 is 10.2 Å². The van der Waals surface area contributed by atoms with Crippen LogP contribution in [0, 0.1) is 0 Å². The first kappa shape index (κ1) is 8.88. The molecule has 0 unspecified atom stereocenters. The van der Waals surface area contributed by atoms with Crippen LogP contribution in [-0.4, -0.2) is 48.0 Å². The summed E-state index contributed by atoms with van der Waals surface area (Å²) in [5, 5.41) is 17.8. The molecular formula is C6H15NO2. The van der Waals surface area contributed by atoms with Gasteiger partial charge in [0.25, 0.3) is 0 Å². The summed E-state index contributed by atoms with van der Waals surface area (Å²) in [5.41, 5.74) is -0.955. The van der Waals surface area contributed by atoms with E-state index in [1.807, 2.05) is 19.0 Å². The Morgan fingerprint density at radius 3 is 2.00 bits per heavy atom. The van der Waals surface area contributed by atoms with Crippen molar-refractivity contribution in [2.24, 2.45) is 0 Å². The molecule has 0 radical (unpaired) electrons. The molecule has 0 aromatic carbocycles. The second kappa shape index (κ2) is 3.15. The highest BCUT2D eigenvalue weighted by Crippen LogP contribution is 2.01. The van der Waals surface area contributed by atoms with E-state index in [0.717, 1.165) is 0 Å². The fourth-order valence-corrected chi connectivity index (χ4v) is 0.731. The van der Waals surface area contributed by atoms with Crippen LogP contribution in [0.3, 0.4) is 0 Å². The van der Waals surface area contributed by atoms with Gasteiger partial charge in [-0.1, -0.05) is 0 Å². The molecule has 0 spiro atoms. The van der Waals surface area contributed by atoms with E-state index in [1.54, 1.807) is 6.92 Å². The Morgan fingerprint density at radius 1 is 1.44 bits per heavy atom. The minimum Gasteiger partial charge on any atom is -0.393 e. The SMILES string of the molecule is CN(C)C[C@](C)(O)CO. The Balaban J connectivity index is 3.58. The maximum Gasteiger partial charge on any atom is 0.0975 e. The maximum absolute atomic E-state index is 9.20. The van der Waals surface area contributed by atoms with Crippen LogP contribution in [0.2, 0.25) is 0 Å². The van der Waals surface area contributed by atoms with Crippen LogP contribution in [-0.2, 0) is 0 Å². The molecule has 3 heteroatoms. The molecule has 56 valence electrons. The van der Waals surface area contributed by atoms with Crippen LogP contribution < -0.4 is 0 Å². The largest absolute Gasteiger partial charge is 0.393 e. The van der Waals surface area contributed by atoms with Crippen LogP contribution in [0.1, 0.15) is 6.92 Å². The van der Waals surface area contributed by atoms with Gasteiger partial charge in [-0.05, 0) is 21.0 Å². The minimum atomic E-state index is -0.955. The van der Waals surface area contributed by atoms with E-state index in [4.69, 9.17) is 5.11 Å². The van der Waals surface area contributed by atoms with Gasteiger partial charge in [0.05, 0.1) is 12.2 Å². The van der Waals surface area contributed by atoms with Gasteiger partial charge in [0.1, 0.15) is 0 Å². The van der Waals surface area contributed by atoms with E-state index < -0.39 is 5.60 Å². The molecule has 0 heterocycles. The summed E-state index contributed by atoms with van der Waals surface area (Å²) in [4.78, 5) is 1.83. The third-order valence-corrected chi connectivity index (χ3v) is 0.997. The molecule has 0 amide bonds. The summed E-state index contributed by atoms with van der Waals surface area (Å²) in [6, 6.07) is 0. The van der Waals surface area contributed by atoms with Crippen molar-refractivity contribution >= 4 is 0 Å². The van der Waals surface area contributed by atoms with Crippen LogP contribution in [0.25, 0.3) is 0 Å². The number of rotatable bonds is 3. The molecular weight excluding hydrogens is 118 g/mol. The minimum absolute atomic E-state index is 0.189. The van der Waals surface area contributed by atoms with Gasteiger partial charge in [-0.2, -0.15) is 0 Å². The van der Waals surface area contributed by atoms with Crippen LogP contribution in [0.5, 0.6) is 0 Å². The molecule has 0 aliphatic carbocycles. The first-order valence-corrected chi connectivity index (χ1v) is 2.96. The Kier molecular flexibility index (Phi) is 3.11. The topological polar surface area (TPSA) is 43.7 Å². The summed E-state index contributed by atoms with van der Waals surface area (Å²) in [5.74, 6) is 0. The molecule has 0 fully saturated rings. The average molecular weight is 133 g/mol. The Morgan fingerprint density at radius 2 is 1.89 bits per heavy atom. The highest BCUT2D eigenvalue weighted by Gasteiger charge is 2.18. The van der Waals surface area contributed by atoms with Crippen molar-refractivity contribution in [1.29, 1.82) is 0 Å². The molecule has 1 atom stereocenters. The second-order valence-electron chi connectivity index (χ2n) is 2.89. The maximum atomic E-state index is 9.20. The van der Waals surface area contributed by atoms with E-state index in [1.165, 1.54) is 0 Å². The van der Waals surface area contributed by atoms with Crippen molar-refractivity contribution in [2.75, 3.05) is 27.2 Å². The van der Waals surface area contributed by atoms with Gasteiger partial charge in [-0.15, -0.1) is 0 Å². The van der Waals surface area contributed by atoms with Crippen LogP contribution in [0.4, 0.5) is 0 Å². The zero-order valence-electron chi connectivity index (χ0n) is 6.26. The molecule has 0 saturated carbocycles. The number of aliphatic hydroxyl groups is 2. The normalized spacial score (nSPS) is 18.0. The molecule has 0 aromatic heterocycles. The second-order valence-corrected chi connectivity index (χ2v) is 2.89. The van der Waals surface area contributed by atoms with E-state index >= 15 is 0 Å². The van der Waals surface area contributed by atoms with Crippen molar-refractivity contribution in [3.63, 3.8) is 0 Å². The van der Waals surface area contributed by atoms with Gasteiger partial charge in [-0.3, -0.25) is 0 Å². The molecule has 0 aromatic rings. The van der Waals surface area contributed by atoms with Crippen molar-refractivity contribution in [3.05, 3.63) is 0 Å². The first-order valence-electron chi connectivity index (χ1n) is 2.96. The molecule has 0 aliphatic rings. The molecule has 0 aliphatic heterocycles. The third kappa shape index (κ3) is 4.39. The summed E-state index contributed by atoms with van der Waals surface area (Å²) >= 11 is 0. The van der Waals surface area contributed by atoms with Crippen LogP contribution >= 0.6 is 0 Å². The van der Waals surface area contributed by atoms with Crippen molar-refractivity contribution in [1.82, 2.24) is 4.90 Å². The number of aliphatic hydroxyl groups excluding tert-OH is 1. The summed E-state index contributed by atoms with van der Waals surface area (Å²) in [6.45, 7) is 1.90. The average Bonchev–Trinajstić information content (AvgIpc) is 1.63. The highest BCUT2D eigenvalue weighted by molar-refractivity contribution is 4.72. The summed E-state index contributed by atoms with van der Waals surface area (Å²) < 4.78 is 0. The van der Waals surface area contributed by atoms with E-state index in [2.05, 4.69) is 0 Å². The summed E-state index contributed by atoms with van der Waals surface area (Å²) in [7, 11) is 3.70. The van der Waals surface area contributed by atoms with E-state index in [-0.39, 0.29) is 6.61 Å². The third-order valence-electron chi connectivity index (χ3n) is 0.997. The van der Waals surface area contributed by atoms with Gasteiger partial charge in [0, 0.05) is 6.54 Å². The molecule has 9 heavy (non-hydrogen) atoms. The Hall–Kier alpha value is -0.120. The van der Waals surface area contributed by atoms with Crippen molar-refractivity contribution in [2.45, 2.75) is 12.5 Å². The Labute approximate surface area is 55.9 Å². The van der Waals surface area contributed by atoms with Gasteiger partial charge in [-0.25, -0.2) is 0 Å². The number of hydrogen-bond donors (Lipinski definition) is 2. The van der Waals surface area contributed by atoms with E-state index in [9.17, 15) is 5.11 Å². The quantitative estimate of drug-likeness (QED) is 0.534. The summed E-state index contributed by atoms with van der Waals surface area (Å²) in [6.07, 6.45) is 0. The molecule has 3 nitrogen and oxygen atoms in total. The van der Waals surface area contributed by atoms with Gasteiger partial charge in [0.2, 0.25) is 0 Å². The lowest BCUT2D eigenvalue weighted by molar-refractivity contribution is -0.0162. The zero-order chi connectivity index (χ0) is 7.49. The van der Waals surface area contributed by atoms with E-state index in [0.29, 0.717) is 6.54 Å². The van der Waals surface area contributed by atoms with Crippen LogP contribution in [0.15, 0.2) is 0 Å². The number of hydrogen-bond acceptors (Lipinski definition) is 3. The standard InChI is InChI=1S/C6H15NO2/c1-6(9,5-8)4-7(2)3/h8-9H,4-5H2,1-3H3/t6-/m0/s1. The molecule has 0 saturated heterocycles. The van der Waals surface area contributed by atoms with Gasteiger partial charge in [0.15, 0.2) is 0 Å². The lowest BCUT2D eigenvalue weighted by atomic mass is 10.1. The molecule has 2 N–H and O–H groups in total. The highest BCUT2D eigenvalue weighted by atomic mass is 16.3. The van der Waals surface area contributed by atoms with Crippen molar-refractivity contribution in [3.8, 4) is 0 Å². The number of likely N-dealkylation sites (N-methyl/N-ethyl adjacent to an activating group) is 1. The zero-order valence-corrected chi connectivity index (χ0v) is 6.26. The molecule has 0 bridgehead atoms. The molecule has 0 rings (SSSR count). The predicted molar refractivity (Wildman–Crippen MR) is 36.3 cm³/mol. The lowest BCUT2D eigenvalue weighted by Gasteiger charge is -2.23. The lowest BCUT2D eigenvalue weighted by Crippen LogP contribution is -2.40. The smallest absolute Gasteiger partial charge is 0.0975 e. The fourth-order valence-electron chi connectivity index (χ4n) is 0.731. The van der Waals surface area contributed by atoms with Gasteiger partial charge < -0.3 is 15.1 Å². The number of nitrogens with zero attached hydrogens (tertiary/aromatic N) is 1. The van der Waals surface area contributed by atoms with Gasteiger partial charge >= 0.3 is 0 Å². The first-order chi connectivity index (χ1) is 3.98.